The molecule has 17 rings (SSSR count). The van der Waals surface area contributed by atoms with Crippen LogP contribution >= 0.6 is 0 Å². The molecule has 0 radical (unpaired) electrons. The summed E-state index contributed by atoms with van der Waals surface area (Å²) in [6.07, 6.45) is 7.78. The van der Waals surface area contributed by atoms with E-state index in [2.05, 4.69) is 206 Å². The van der Waals surface area contributed by atoms with Crippen LogP contribution in [0.5, 0.6) is 0 Å². The van der Waals surface area contributed by atoms with Gasteiger partial charge >= 0.3 is 0 Å². The van der Waals surface area contributed by atoms with Crippen LogP contribution in [0.15, 0.2) is 176 Å². The van der Waals surface area contributed by atoms with Gasteiger partial charge in [0.1, 0.15) is 0 Å². The van der Waals surface area contributed by atoms with E-state index in [4.69, 9.17) is 0 Å². The lowest BCUT2D eigenvalue weighted by Gasteiger charge is -2.38. The quantitative estimate of drug-likeness (QED) is 0.176. The van der Waals surface area contributed by atoms with Gasteiger partial charge in [0.05, 0.1) is 39.8 Å². The van der Waals surface area contributed by atoms with E-state index in [1.54, 1.807) is 0 Å². The number of nitrogens with zero attached hydrogens (tertiary/aromatic N) is 3. The Morgan fingerprint density at radius 2 is 0.946 bits per heavy atom. The van der Waals surface area contributed by atoms with E-state index in [1.165, 1.54) is 148 Å². The van der Waals surface area contributed by atoms with Gasteiger partial charge in [-0.15, -0.1) is 0 Å². The highest BCUT2D eigenvalue weighted by Gasteiger charge is 2.54. The van der Waals surface area contributed by atoms with Crippen molar-refractivity contribution in [1.82, 2.24) is 4.40 Å². The summed E-state index contributed by atoms with van der Waals surface area (Å²) in [5, 5.41) is 28.1. The van der Waals surface area contributed by atoms with Crippen LogP contribution in [-0.2, 0) is 17.3 Å². The molecule has 3 nitrogen and oxygen atoms in total. The predicted molar refractivity (Wildman–Crippen MR) is 301 cm³/mol. The highest BCUT2D eigenvalue weighted by Crippen LogP contribution is 2.64. The van der Waals surface area contributed by atoms with Gasteiger partial charge in [0.25, 0.3) is 0 Å². The number of fused-ring (bicyclic) bond motifs is 16. The van der Waals surface area contributed by atoms with Crippen LogP contribution in [0.3, 0.4) is 0 Å². The maximum atomic E-state index is 11.7. The number of benzene rings is 9. The van der Waals surface area contributed by atoms with Gasteiger partial charge in [-0.25, -0.2) is 0 Å². The molecule has 6 aliphatic rings. The standard InChI is InChI=1S/C71H53N3/c1-70-40-71(2,59-25-15-13-23-47(59)31-46-22-12-14-24-58(46)70)68-66-57-35-51(63-54(44-18-8-4-9-19-44)32-48(43-16-6-3-7-17-43)33-55(63)45-20-10-5-11-21-45)34-56-65-60(74(69(56)57)61(66)37-53(39-73)67(68)70)36-52(38-72)62-49-27-41-26-42(28-49)30-50(29-41)64(62)65/h3-25,32-37,41-42,49-50H,26-31,40H2,1-2H3. The van der Waals surface area contributed by atoms with Gasteiger partial charge in [-0.2, -0.15) is 10.5 Å². The first-order valence-electron chi connectivity index (χ1n) is 27.0. The molecule has 0 amide bonds. The lowest BCUT2D eigenvalue weighted by atomic mass is 9.67. The third-order valence-electron chi connectivity index (χ3n) is 19.4. The maximum Gasteiger partial charge on any atom is 0.0995 e. The van der Waals surface area contributed by atoms with Crippen LogP contribution in [0.25, 0.3) is 82.6 Å². The van der Waals surface area contributed by atoms with Crippen molar-refractivity contribution in [2.24, 2.45) is 11.8 Å². The summed E-state index contributed by atoms with van der Waals surface area (Å²) in [6, 6.07) is 71.2. The van der Waals surface area contributed by atoms with E-state index in [0.29, 0.717) is 23.7 Å². The lowest BCUT2D eigenvalue weighted by molar-refractivity contribution is 0.166. The fraction of sp³-hybridized carbons (Fsp3) is 0.211. The lowest BCUT2D eigenvalue weighted by Crippen LogP contribution is -2.30. The summed E-state index contributed by atoms with van der Waals surface area (Å²) in [5.74, 6) is 2.21. The molecule has 11 aromatic rings. The van der Waals surface area contributed by atoms with Crippen LogP contribution < -0.4 is 0 Å². The zero-order valence-electron chi connectivity index (χ0n) is 41.8. The molecule has 6 bridgehead atoms. The van der Waals surface area contributed by atoms with Crippen LogP contribution in [0.2, 0.25) is 0 Å². The van der Waals surface area contributed by atoms with Gasteiger partial charge in [0.15, 0.2) is 0 Å². The molecule has 0 aliphatic heterocycles. The fourth-order valence-corrected chi connectivity index (χ4v) is 17.0. The molecule has 6 aliphatic carbocycles. The molecule has 352 valence electrons. The third kappa shape index (κ3) is 5.60. The van der Waals surface area contributed by atoms with Crippen LogP contribution in [0.1, 0.15) is 120 Å². The predicted octanol–water partition coefficient (Wildman–Crippen LogP) is 17.6. The number of nitriles is 2. The molecule has 2 aromatic heterocycles. The first kappa shape index (κ1) is 42.3. The Bertz CT molecular complexity index is 4230. The normalized spacial score (nSPS) is 23.0. The Kier molecular flexibility index (Phi) is 8.67. The summed E-state index contributed by atoms with van der Waals surface area (Å²) in [4.78, 5) is 0. The largest absolute Gasteiger partial charge is 0.308 e. The Morgan fingerprint density at radius 3 is 1.53 bits per heavy atom. The second-order valence-corrected chi connectivity index (χ2v) is 23.4. The monoisotopic (exact) mass is 947 g/mol. The number of rotatable bonds is 4. The molecule has 3 heteroatoms. The molecule has 2 fully saturated rings. The van der Waals surface area contributed by atoms with Crippen molar-refractivity contribution in [2.75, 3.05) is 0 Å². The van der Waals surface area contributed by atoms with E-state index >= 15 is 0 Å². The summed E-state index contributed by atoms with van der Waals surface area (Å²) >= 11 is 0. The molecule has 0 N–H and O–H groups in total. The molecule has 2 saturated carbocycles. The van der Waals surface area contributed by atoms with Gasteiger partial charge in [0.2, 0.25) is 0 Å². The average Bonchev–Trinajstić information content (AvgIpc) is 4.13. The van der Waals surface area contributed by atoms with E-state index in [-0.39, 0.29) is 0 Å². The zero-order chi connectivity index (χ0) is 49.2. The zero-order valence-corrected chi connectivity index (χ0v) is 41.8. The van der Waals surface area contributed by atoms with Crippen LogP contribution in [0, 0.1) is 34.5 Å². The third-order valence-corrected chi connectivity index (χ3v) is 19.4. The molecule has 74 heavy (non-hydrogen) atoms. The number of hydrogen-bond donors (Lipinski definition) is 0. The van der Waals surface area contributed by atoms with Crippen molar-refractivity contribution in [1.29, 1.82) is 10.5 Å². The molecular formula is C71H53N3. The Balaban J connectivity index is 1.13. The van der Waals surface area contributed by atoms with Crippen molar-refractivity contribution < 1.29 is 0 Å². The van der Waals surface area contributed by atoms with Crippen molar-refractivity contribution in [3.05, 3.63) is 232 Å². The Labute approximate surface area is 432 Å². The Hall–Kier alpha value is -8.24. The van der Waals surface area contributed by atoms with Crippen molar-refractivity contribution in [3.63, 3.8) is 0 Å². The summed E-state index contributed by atoms with van der Waals surface area (Å²) in [5.41, 5.74) is 24.2. The van der Waals surface area contributed by atoms with Crippen molar-refractivity contribution >= 4 is 38.1 Å². The van der Waals surface area contributed by atoms with E-state index in [1.807, 2.05) is 0 Å². The molecule has 0 spiro atoms. The SMILES string of the molecule is CC12CC(C)(c3ccccc3Cc3ccccc31)c1c2c(C#N)cc2c1c1cc(-c3c(-c4ccccc4)cc(-c4ccccc4)cc3-c3ccccc3)cc3c4c5c(c(C#N)cc4n2c31)C1CC2CC(C1)CC5C2. The minimum Gasteiger partial charge on any atom is -0.308 e. The first-order valence-corrected chi connectivity index (χ1v) is 27.0. The van der Waals surface area contributed by atoms with Gasteiger partial charge in [-0.1, -0.05) is 153 Å². The molecule has 2 heterocycles. The highest BCUT2D eigenvalue weighted by atomic mass is 14.9. The molecular weight excluding hydrogens is 895 g/mol. The summed E-state index contributed by atoms with van der Waals surface area (Å²) in [6.45, 7) is 4.91. The smallest absolute Gasteiger partial charge is 0.0995 e. The van der Waals surface area contributed by atoms with Crippen LogP contribution in [0.4, 0.5) is 0 Å². The van der Waals surface area contributed by atoms with Gasteiger partial charge in [-0.3, -0.25) is 0 Å². The molecule has 9 aromatic carbocycles. The summed E-state index contributed by atoms with van der Waals surface area (Å²) < 4.78 is 2.53. The van der Waals surface area contributed by atoms with Crippen molar-refractivity contribution in [3.8, 4) is 56.6 Å². The van der Waals surface area contributed by atoms with E-state index in [0.717, 1.165) is 35.0 Å². The van der Waals surface area contributed by atoms with E-state index in [9.17, 15) is 10.5 Å². The van der Waals surface area contributed by atoms with Crippen molar-refractivity contribution in [2.45, 2.75) is 81.5 Å². The Morgan fingerprint density at radius 1 is 0.459 bits per heavy atom. The minimum atomic E-state index is -0.429. The maximum absolute atomic E-state index is 11.7. The molecule has 0 saturated heterocycles. The minimum absolute atomic E-state index is 0.403. The molecule has 4 unspecified atom stereocenters. The average molecular weight is 948 g/mol. The fourth-order valence-electron chi connectivity index (χ4n) is 17.0. The second-order valence-electron chi connectivity index (χ2n) is 23.4. The van der Waals surface area contributed by atoms with E-state index < -0.39 is 10.8 Å². The summed E-state index contributed by atoms with van der Waals surface area (Å²) in [7, 11) is 0. The first-order chi connectivity index (χ1) is 36.3. The second kappa shape index (κ2) is 15.2. The topological polar surface area (TPSA) is 52.0 Å². The van der Waals surface area contributed by atoms with Crippen LogP contribution in [-0.4, -0.2) is 4.40 Å². The van der Waals surface area contributed by atoms with Gasteiger partial charge in [-0.05, 0) is 194 Å². The number of hydrogen-bond acceptors (Lipinski definition) is 2. The number of aromatic nitrogens is 1. The van der Waals surface area contributed by atoms with Gasteiger partial charge < -0.3 is 4.40 Å². The molecule has 4 atom stereocenters. The van der Waals surface area contributed by atoms with Gasteiger partial charge in [0, 0.05) is 32.4 Å². The highest BCUT2D eigenvalue weighted by molar-refractivity contribution is 6.27.